The van der Waals surface area contributed by atoms with Gasteiger partial charge in [-0.15, -0.1) is 0 Å². The fraction of sp³-hybridized carbons (Fsp3) is 0.364. The van der Waals surface area contributed by atoms with Crippen LogP contribution in [0.4, 0.5) is 4.39 Å². The minimum atomic E-state index is -1.10. The predicted molar refractivity (Wildman–Crippen MR) is 113 cm³/mol. The Morgan fingerprint density at radius 1 is 1.10 bits per heavy atom. The first-order valence-electron chi connectivity index (χ1n) is 9.51. The van der Waals surface area contributed by atoms with Crippen LogP contribution in [0.25, 0.3) is 0 Å². The Balaban J connectivity index is 2.28. The Bertz CT molecular complexity index is 950. The summed E-state index contributed by atoms with van der Waals surface area (Å²) in [4.78, 5) is 24.0. The Morgan fingerprint density at radius 2 is 1.74 bits per heavy atom. The molecule has 0 aliphatic rings. The number of carboxylic acid groups (broad SMARTS) is 1. The molecular formula is C22H25ClFNO6. The number of benzene rings is 2. The number of carbonyl (C=O) groups is 2. The molecule has 2 aromatic rings. The lowest BCUT2D eigenvalue weighted by atomic mass is 10.0. The van der Waals surface area contributed by atoms with Gasteiger partial charge in [0.05, 0.1) is 25.9 Å². The maximum Gasteiger partial charge on any atom is 0.333 e. The van der Waals surface area contributed by atoms with E-state index in [1.807, 2.05) is 0 Å². The second-order valence-electron chi connectivity index (χ2n) is 7.00. The molecule has 0 radical (unpaired) electrons. The van der Waals surface area contributed by atoms with Crippen molar-refractivity contribution in [3.63, 3.8) is 0 Å². The molecule has 31 heavy (non-hydrogen) atoms. The van der Waals surface area contributed by atoms with Gasteiger partial charge in [0.1, 0.15) is 17.3 Å². The van der Waals surface area contributed by atoms with Gasteiger partial charge < -0.3 is 24.6 Å². The van der Waals surface area contributed by atoms with Crippen LogP contribution in [-0.4, -0.2) is 43.4 Å². The molecule has 0 aromatic heterocycles. The van der Waals surface area contributed by atoms with Gasteiger partial charge in [-0.1, -0.05) is 11.6 Å². The summed E-state index contributed by atoms with van der Waals surface area (Å²) in [7, 11) is 2.92. The molecule has 0 saturated heterocycles. The number of ether oxygens (including phenoxy) is 3. The number of hydrogen-bond donors (Lipinski definition) is 2. The molecule has 0 saturated carbocycles. The third-order valence-electron chi connectivity index (χ3n) is 4.42. The van der Waals surface area contributed by atoms with E-state index in [2.05, 4.69) is 5.32 Å². The van der Waals surface area contributed by atoms with Crippen LogP contribution < -0.4 is 14.8 Å². The van der Waals surface area contributed by atoms with Crippen LogP contribution in [0.3, 0.4) is 0 Å². The number of amides is 1. The molecule has 1 amide bonds. The Morgan fingerprint density at radius 3 is 2.29 bits per heavy atom. The van der Waals surface area contributed by atoms with E-state index in [0.29, 0.717) is 22.6 Å². The number of carbonyl (C=O) groups excluding carboxylic acids is 1. The summed E-state index contributed by atoms with van der Waals surface area (Å²) in [5.41, 5.74) is 0.987. The summed E-state index contributed by atoms with van der Waals surface area (Å²) >= 11 is 5.72. The highest BCUT2D eigenvalue weighted by Crippen LogP contribution is 2.31. The second-order valence-corrected chi connectivity index (χ2v) is 7.44. The number of halogens is 2. The molecule has 0 heterocycles. The largest absolute Gasteiger partial charge is 0.496 e. The summed E-state index contributed by atoms with van der Waals surface area (Å²) in [6.07, 6.45) is -1.31. The van der Waals surface area contributed by atoms with Crippen molar-refractivity contribution in [3.05, 3.63) is 57.9 Å². The molecular weight excluding hydrogens is 429 g/mol. The maximum absolute atomic E-state index is 14.0. The molecule has 0 bridgehead atoms. The van der Waals surface area contributed by atoms with Gasteiger partial charge in [-0.3, -0.25) is 4.79 Å². The van der Waals surface area contributed by atoms with Crippen LogP contribution in [0.15, 0.2) is 30.3 Å². The summed E-state index contributed by atoms with van der Waals surface area (Å²) in [6, 6.07) is 7.06. The first-order valence-corrected chi connectivity index (χ1v) is 9.89. The molecule has 0 spiro atoms. The van der Waals surface area contributed by atoms with Crippen molar-refractivity contribution in [2.45, 2.75) is 39.0 Å². The van der Waals surface area contributed by atoms with Gasteiger partial charge in [0.15, 0.2) is 6.10 Å². The lowest BCUT2D eigenvalue weighted by Gasteiger charge is -2.20. The molecule has 7 nitrogen and oxygen atoms in total. The molecule has 168 valence electrons. The average Bonchev–Trinajstić information content (AvgIpc) is 2.71. The molecule has 0 aliphatic carbocycles. The zero-order valence-electron chi connectivity index (χ0n) is 17.7. The number of aliphatic carboxylic acids is 1. The molecule has 2 N–H and O–H groups in total. The highest BCUT2D eigenvalue weighted by Gasteiger charge is 2.23. The summed E-state index contributed by atoms with van der Waals surface area (Å²) in [5.74, 6) is -1.61. The fourth-order valence-corrected chi connectivity index (χ4v) is 3.16. The lowest BCUT2D eigenvalue weighted by Crippen LogP contribution is -2.29. The molecule has 1 atom stereocenters. The van der Waals surface area contributed by atoms with Crippen LogP contribution in [0.5, 0.6) is 11.5 Å². The van der Waals surface area contributed by atoms with E-state index in [1.165, 1.54) is 26.4 Å². The van der Waals surface area contributed by atoms with E-state index in [-0.39, 0.29) is 29.7 Å². The third kappa shape index (κ3) is 6.57. The van der Waals surface area contributed by atoms with Gasteiger partial charge in [0.25, 0.3) is 5.91 Å². The van der Waals surface area contributed by atoms with Gasteiger partial charge in [-0.05, 0) is 43.7 Å². The smallest absolute Gasteiger partial charge is 0.333 e. The summed E-state index contributed by atoms with van der Waals surface area (Å²) in [6.45, 7) is 3.51. The van der Waals surface area contributed by atoms with Gasteiger partial charge in [0, 0.05) is 29.6 Å². The fourth-order valence-electron chi connectivity index (χ4n) is 3.00. The molecule has 9 heteroatoms. The van der Waals surface area contributed by atoms with E-state index < -0.39 is 23.8 Å². The first kappa shape index (κ1) is 24.4. The number of rotatable bonds is 10. The first-order chi connectivity index (χ1) is 14.7. The van der Waals surface area contributed by atoms with Crippen molar-refractivity contribution >= 4 is 23.5 Å². The van der Waals surface area contributed by atoms with Gasteiger partial charge in [0.2, 0.25) is 0 Å². The highest BCUT2D eigenvalue weighted by atomic mass is 35.5. The van der Waals surface area contributed by atoms with Gasteiger partial charge >= 0.3 is 5.97 Å². The van der Waals surface area contributed by atoms with Crippen LogP contribution in [-0.2, 0) is 22.5 Å². The predicted octanol–water partition coefficient (Wildman–Crippen LogP) is 3.85. The molecule has 1 unspecified atom stereocenters. The van der Waals surface area contributed by atoms with Crippen LogP contribution >= 0.6 is 11.6 Å². The van der Waals surface area contributed by atoms with Crippen molar-refractivity contribution < 1.29 is 33.3 Å². The SMILES string of the molecule is COc1cc(OC)c(CC(OC(C)C)C(=O)O)cc1CNC(=O)c1ccc(Cl)cc1F. The number of carboxylic acids is 1. The minimum Gasteiger partial charge on any atom is -0.496 e. The van der Waals surface area contributed by atoms with Crippen LogP contribution in [0, 0.1) is 5.82 Å². The quantitative estimate of drug-likeness (QED) is 0.567. The number of methoxy groups -OCH3 is 2. The van der Waals surface area contributed by atoms with E-state index >= 15 is 0 Å². The molecule has 0 fully saturated rings. The van der Waals surface area contributed by atoms with Gasteiger partial charge in [-0.25, -0.2) is 9.18 Å². The summed E-state index contributed by atoms with van der Waals surface area (Å²) < 4.78 is 30.2. The van der Waals surface area contributed by atoms with E-state index in [0.717, 1.165) is 6.07 Å². The van der Waals surface area contributed by atoms with Crippen molar-refractivity contribution in [3.8, 4) is 11.5 Å². The molecule has 2 rings (SSSR count). The van der Waals surface area contributed by atoms with E-state index in [1.54, 1.807) is 26.0 Å². The Labute approximate surface area is 185 Å². The van der Waals surface area contributed by atoms with E-state index in [9.17, 15) is 19.1 Å². The highest BCUT2D eigenvalue weighted by molar-refractivity contribution is 6.30. The van der Waals surface area contributed by atoms with Crippen molar-refractivity contribution in [1.29, 1.82) is 0 Å². The van der Waals surface area contributed by atoms with E-state index in [4.69, 9.17) is 25.8 Å². The number of hydrogen-bond acceptors (Lipinski definition) is 5. The Hall–Kier alpha value is -2.84. The third-order valence-corrected chi connectivity index (χ3v) is 4.65. The zero-order valence-corrected chi connectivity index (χ0v) is 18.5. The van der Waals surface area contributed by atoms with Gasteiger partial charge in [-0.2, -0.15) is 0 Å². The standard InChI is InChI=1S/C22H25ClFNO6/c1-12(2)31-20(22(27)28)8-13-7-14(19(30-4)10-18(13)29-3)11-25-21(26)16-6-5-15(23)9-17(16)24/h5-7,9-10,12,20H,8,11H2,1-4H3,(H,25,26)(H,27,28). The van der Waals surface area contributed by atoms with Crippen LogP contribution in [0.2, 0.25) is 5.02 Å². The number of nitrogens with one attached hydrogen (secondary N) is 1. The Kier molecular flexibility index (Phi) is 8.65. The topological polar surface area (TPSA) is 94.1 Å². The zero-order chi connectivity index (χ0) is 23.1. The normalized spacial score (nSPS) is 11.8. The average molecular weight is 454 g/mol. The summed E-state index contributed by atoms with van der Waals surface area (Å²) in [5, 5.41) is 12.3. The lowest BCUT2D eigenvalue weighted by molar-refractivity contribution is -0.153. The second kappa shape index (κ2) is 11.0. The molecule has 0 aliphatic heterocycles. The van der Waals surface area contributed by atoms with Crippen molar-refractivity contribution in [2.24, 2.45) is 0 Å². The van der Waals surface area contributed by atoms with Crippen molar-refractivity contribution in [1.82, 2.24) is 5.32 Å². The monoisotopic (exact) mass is 453 g/mol. The van der Waals surface area contributed by atoms with Crippen molar-refractivity contribution in [2.75, 3.05) is 14.2 Å². The maximum atomic E-state index is 14.0. The minimum absolute atomic E-state index is 0.0177. The molecule has 2 aromatic carbocycles. The van der Waals surface area contributed by atoms with Crippen LogP contribution in [0.1, 0.15) is 35.3 Å².